The van der Waals surface area contributed by atoms with Crippen LogP contribution in [0.25, 0.3) is 21.8 Å². The number of anilines is 3. The lowest BCUT2D eigenvalue weighted by Gasteiger charge is -2.34. The summed E-state index contributed by atoms with van der Waals surface area (Å²) in [5.41, 5.74) is 4.29. The molecule has 2 N–H and O–H groups in total. The van der Waals surface area contributed by atoms with Gasteiger partial charge in [-0.15, -0.1) is 0 Å². The molecule has 4 aromatic rings. The number of carbonyl (C=O) groups is 1. The quantitative estimate of drug-likeness (QED) is 0.528. The van der Waals surface area contributed by atoms with Gasteiger partial charge < -0.3 is 20.4 Å². The Morgan fingerprint density at radius 2 is 1.65 bits per heavy atom. The first-order chi connectivity index (χ1) is 15.2. The molecule has 31 heavy (non-hydrogen) atoms. The number of pyridine rings is 2. The van der Waals surface area contributed by atoms with Crippen molar-refractivity contribution in [2.24, 2.45) is 0 Å². The van der Waals surface area contributed by atoms with Gasteiger partial charge in [-0.2, -0.15) is 0 Å². The fourth-order valence-corrected chi connectivity index (χ4v) is 4.01. The number of hydrogen-bond acceptors (Lipinski definition) is 5. The minimum Gasteiger partial charge on any atom is -0.368 e. The maximum absolute atomic E-state index is 12.7. The largest absolute Gasteiger partial charge is 0.368 e. The number of urea groups is 1. The molecule has 0 spiro atoms. The van der Waals surface area contributed by atoms with E-state index in [2.05, 4.69) is 43.5 Å². The predicted molar refractivity (Wildman–Crippen MR) is 126 cm³/mol. The SMILES string of the molecule is CN1CCN(c2cccc3ncc(NC(=O)Nc4ccnc5ccccc45)cc23)CC1. The van der Waals surface area contributed by atoms with Crippen LogP contribution in [-0.2, 0) is 0 Å². The van der Waals surface area contributed by atoms with E-state index in [0.717, 1.165) is 59.4 Å². The zero-order chi connectivity index (χ0) is 21.2. The topological polar surface area (TPSA) is 73.4 Å². The van der Waals surface area contributed by atoms with Crippen LogP contribution in [0.2, 0.25) is 0 Å². The van der Waals surface area contributed by atoms with E-state index < -0.39 is 0 Å². The summed E-state index contributed by atoms with van der Waals surface area (Å²) in [7, 11) is 2.15. The molecule has 5 rings (SSSR count). The number of fused-ring (bicyclic) bond motifs is 2. The number of nitrogens with zero attached hydrogens (tertiary/aromatic N) is 4. The molecular formula is C24H24N6O. The van der Waals surface area contributed by atoms with Crippen molar-refractivity contribution in [1.82, 2.24) is 14.9 Å². The zero-order valence-corrected chi connectivity index (χ0v) is 17.4. The van der Waals surface area contributed by atoms with E-state index in [1.165, 1.54) is 0 Å². The molecule has 0 saturated carbocycles. The van der Waals surface area contributed by atoms with E-state index in [0.29, 0.717) is 5.69 Å². The van der Waals surface area contributed by atoms with Gasteiger partial charge in [0.05, 0.1) is 28.6 Å². The first-order valence-electron chi connectivity index (χ1n) is 10.4. The summed E-state index contributed by atoms with van der Waals surface area (Å²) in [4.78, 5) is 26.3. The third-order valence-corrected chi connectivity index (χ3v) is 5.70. The van der Waals surface area contributed by atoms with Gasteiger partial charge in [0.1, 0.15) is 0 Å². The van der Waals surface area contributed by atoms with E-state index in [1.807, 2.05) is 42.5 Å². The van der Waals surface area contributed by atoms with Crippen molar-refractivity contribution < 1.29 is 4.79 Å². The zero-order valence-electron chi connectivity index (χ0n) is 17.4. The molecule has 0 atom stereocenters. The average molecular weight is 412 g/mol. The Bertz CT molecular complexity index is 1240. The molecule has 7 heteroatoms. The van der Waals surface area contributed by atoms with Crippen LogP contribution in [0.4, 0.5) is 21.9 Å². The van der Waals surface area contributed by atoms with Crippen LogP contribution in [0, 0.1) is 0 Å². The molecule has 2 aromatic heterocycles. The Balaban J connectivity index is 1.39. The molecule has 2 aromatic carbocycles. The molecular weight excluding hydrogens is 388 g/mol. The van der Waals surface area contributed by atoms with Crippen LogP contribution in [0.1, 0.15) is 0 Å². The van der Waals surface area contributed by atoms with Gasteiger partial charge in [-0.25, -0.2) is 4.79 Å². The van der Waals surface area contributed by atoms with Crippen molar-refractivity contribution in [1.29, 1.82) is 0 Å². The van der Waals surface area contributed by atoms with E-state index in [4.69, 9.17) is 0 Å². The van der Waals surface area contributed by atoms with Gasteiger partial charge in [0.25, 0.3) is 0 Å². The van der Waals surface area contributed by atoms with E-state index in [1.54, 1.807) is 18.5 Å². The summed E-state index contributed by atoms with van der Waals surface area (Å²) in [5, 5.41) is 7.79. The van der Waals surface area contributed by atoms with Crippen molar-refractivity contribution in [3.05, 3.63) is 67.0 Å². The van der Waals surface area contributed by atoms with Crippen LogP contribution in [-0.4, -0.2) is 54.1 Å². The van der Waals surface area contributed by atoms with Gasteiger partial charge >= 0.3 is 6.03 Å². The number of benzene rings is 2. The van der Waals surface area contributed by atoms with E-state index in [-0.39, 0.29) is 6.03 Å². The number of piperazine rings is 1. The number of aromatic nitrogens is 2. The first-order valence-corrected chi connectivity index (χ1v) is 10.4. The number of rotatable bonds is 3. The molecule has 1 aliphatic heterocycles. The minimum atomic E-state index is -0.311. The number of hydrogen-bond donors (Lipinski definition) is 2. The monoisotopic (exact) mass is 412 g/mol. The fourth-order valence-electron chi connectivity index (χ4n) is 4.01. The molecule has 0 aliphatic carbocycles. The molecule has 156 valence electrons. The third kappa shape index (κ3) is 4.00. The minimum absolute atomic E-state index is 0.311. The Morgan fingerprint density at radius 1 is 0.871 bits per heavy atom. The summed E-state index contributed by atoms with van der Waals surface area (Å²) in [5.74, 6) is 0. The van der Waals surface area contributed by atoms with Crippen molar-refractivity contribution in [2.75, 3.05) is 48.8 Å². The van der Waals surface area contributed by atoms with Crippen molar-refractivity contribution >= 4 is 44.9 Å². The normalized spacial score (nSPS) is 14.7. The Labute approximate surface area is 180 Å². The number of nitrogens with one attached hydrogen (secondary N) is 2. The summed E-state index contributed by atoms with van der Waals surface area (Å²) in [6.07, 6.45) is 3.39. The summed E-state index contributed by atoms with van der Waals surface area (Å²) >= 11 is 0. The van der Waals surface area contributed by atoms with E-state index >= 15 is 0 Å². The van der Waals surface area contributed by atoms with Gasteiger partial charge in [0.2, 0.25) is 0 Å². The molecule has 0 unspecified atom stereocenters. The number of para-hydroxylation sites is 1. The molecule has 1 saturated heterocycles. The highest BCUT2D eigenvalue weighted by molar-refractivity contribution is 6.06. The lowest BCUT2D eigenvalue weighted by molar-refractivity contribution is 0.262. The number of amides is 2. The maximum Gasteiger partial charge on any atom is 0.323 e. The highest BCUT2D eigenvalue weighted by Crippen LogP contribution is 2.29. The lowest BCUT2D eigenvalue weighted by atomic mass is 10.1. The third-order valence-electron chi connectivity index (χ3n) is 5.70. The summed E-state index contributed by atoms with van der Waals surface area (Å²) in [6.45, 7) is 4.01. The van der Waals surface area contributed by atoms with Crippen molar-refractivity contribution in [2.45, 2.75) is 0 Å². The summed E-state index contributed by atoms with van der Waals surface area (Å²) < 4.78 is 0. The van der Waals surface area contributed by atoms with Crippen molar-refractivity contribution in [3.63, 3.8) is 0 Å². The van der Waals surface area contributed by atoms with Crippen LogP contribution < -0.4 is 15.5 Å². The molecule has 7 nitrogen and oxygen atoms in total. The molecule has 1 fully saturated rings. The van der Waals surface area contributed by atoms with Crippen LogP contribution in [0.15, 0.2) is 67.0 Å². The number of likely N-dealkylation sites (N-methyl/N-ethyl adjacent to an activating group) is 1. The van der Waals surface area contributed by atoms with Gasteiger partial charge in [0.15, 0.2) is 0 Å². The van der Waals surface area contributed by atoms with Crippen LogP contribution >= 0.6 is 0 Å². The van der Waals surface area contributed by atoms with Crippen LogP contribution in [0.3, 0.4) is 0 Å². The lowest BCUT2D eigenvalue weighted by Crippen LogP contribution is -2.44. The standard InChI is InChI=1S/C24H24N6O/c1-29-11-13-30(14-12-29)23-8-4-7-21-19(23)15-17(16-26-21)27-24(31)28-22-9-10-25-20-6-3-2-5-18(20)22/h2-10,15-16H,11-14H2,1H3,(H2,25,27,28,31). The van der Waals surface area contributed by atoms with Crippen LogP contribution in [0.5, 0.6) is 0 Å². The Kier molecular flexibility index (Phi) is 5.09. The first kappa shape index (κ1) is 19.3. The van der Waals surface area contributed by atoms with Gasteiger partial charge in [-0.1, -0.05) is 24.3 Å². The fraction of sp³-hybridized carbons (Fsp3) is 0.208. The molecule has 3 heterocycles. The predicted octanol–water partition coefficient (Wildman–Crippen LogP) is 4.18. The maximum atomic E-state index is 12.7. The summed E-state index contributed by atoms with van der Waals surface area (Å²) in [6, 6.07) is 17.4. The van der Waals surface area contributed by atoms with Gasteiger partial charge in [0, 0.05) is 48.8 Å². The average Bonchev–Trinajstić information content (AvgIpc) is 2.79. The van der Waals surface area contributed by atoms with E-state index in [9.17, 15) is 4.79 Å². The molecule has 0 bridgehead atoms. The second-order valence-electron chi connectivity index (χ2n) is 7.81. The highest BCUT2D eigenvalue weighted by atomic mass is 16.2. The Hall–Kier alpha value is -3.71. The second kappa shape index (κ2) is 8.20. The number of carbonyl (C=O) groups excluding carboxylic acids is 1. The molecule has 1 aliphatic rings. The molecule has 0 radical (unpaired) electrons. The van der Waals surface area contributed by atoms with Gasteiger partial charge in [-0.05, 0) is 37.4 Å². The smallest absolute Gasteiger partial charge is 0.323 e. The van der Waals surface area contributed by atoms with Gasteiger partial charge in [-0.3, -0.25) is 9.97 Å². The highest BCUT2D eigenvalue weighted by Gasteiger charge is 2.17. The Morgan fingerprint density at radius 3 is 2.52 bits per heavy atom. The van der Waals surface area contributed by atoms with Crippen molar-refractivity contribution in [3.8, 4) is 0 Å². The second-order valence-corrected chi connectivity index (χ2v) is 7.81. The molecule has 2 amide bonds.